The molecule has 1 aromatic rings. The topological polar surface area (TPSA) is 54.7 Å². The van der Waals surface area contributed by atoms with Crippen LogP contribution in [0.25, 0.3) is 0 Å². The minimum atomic E-state index is 0.133. The van der Waals surface area contributed by atoms with E-state index in [0.717, 1.165) is 19.4 Å². The highest BCUT2D eigenvalue weighted by Crippen LogP contribution is 2.38. The van der Waals surface area contributed by atoms with Crippen molar-refractivity contribution in [1.82, 2.24) is 10.2 Å². The molecule has 0 saturated heterocycles. The van der Waals surface area contributed by atoms with E-state index >= 15 is 0 Å². The third-order valence-electron chi connectivity index (χ3n) is 3.50. The maximum absolute atomic E-state index is 5.71. The summed E-state index contributed by atoms with van der Waals surface area (Å²) in [6, 6.07) is 0. The quantitative estimate of drug-likeness (QED) is 0.806. The summed E-state index contributed by atoms with van der Waals surface area (Å²) in [5.41, 5.74) is 9.93. The molecule has 0 amide bonds. The SMILES string of the molecule is CC(C)(C)c1n[nH]c2c1C(CCN)CCC2. The Bertz CT molecular complexity index is 360. The van der Waals surface area contributed by atoms with Crippen molar-refractivity contribution in [2.24, 2.45) is 5.73 Å². The summed E-state index contributed by atoms with van der Waals surface area (Å²) in [6.45, 7) is 7.48. The number of nitrogens with one attached hydrogen (secondary N) is 1. The van der Waals surface area contributed by atoms with Crippen LogP contribution in [0.5, 0.6) is 0 Å². The van der Waals surface area contributed by atoms with Crippen molar-refractivity contribution in [3.8, 4) is 0 Å². The number of hydrogen-bond acceptors (Lipinski definition) is 2. The molecule has 16 heavy (non-hydrogen) atoms. The van der Waals surface area contributed by atoms with Crippen molar-refractivity contribution in [2.45, 2.75) is 57.8 Å². The first-order chi connectivity index (χ1) is 7.54. The van der Waals surface area contributed by atoms with Crippen molar-refractivity contribution in [1.29, 1.82) is 0 Å². The summed E-state index contributed by atoms with van der Waals surface area (Å²) in [5.74, 6) is 0.627. The molecule has 0 aromatic carbocycles. The first-order valence-electron chi connectivity index (χ1n) is 6.31. The van der Waals surface area contributed by atoms with Gasteiger partial charge >= 0.3 is 0 Å². The van der Waals surface area contributed by atoms with E-state index in [0.29, 0.717) is 5.92 Å². The molecule has 1 aliphatic rings. The van der Waals surface area contributed by atoms with Crippen LogP contribution in [-0.4, -0.2) is 16.7 Å². The maximum Gasteiger partial charge on any atom is 0.0713 e. The lowest BCUT2D eigenvalue weighted by atomic mass is 9.78. The predicted octanol–water partition coefficient (Wildman–Crippen LogP) is 2.48. The van der Waals surface area contributed by atoms with Crippen LogP contribution >= 0.6 is 0 Å². The van der Waals surface area contributed by atoms with E-state index in [-0.39, 0.29) is 5.41 Å². The van der Waals surface area contributed by atoms with Gasteiger partial charge in [-0.25, -0.2) is 0 Å². The first kappa shape index (κ1) is 11.6. The van der Waals surface area contributed by atoms with Crippen LogP contribution in [0.4, 0.5) is 0 Å². The molecule has 0 bridgehead atoms. The average Bonchev–Trinajstić information content (AvgIpc) is 2.62. The van der Waals surface area contributed by atoms with E-state index in [9.17, 15) is 0 Å². The Balaban J connectivity index is 2.40. The van der Waals surface area contributed by atoms with Crippen LogP contribution < -0.4 is 5.73 Å². The Morgan fingerprint density at radius 1 is 1.44 bits per heavy atom. The number of fused-ring (bicyclic) bond motifs is 1. The van der Waals surface area contributed by atoms with Gasteiger partial charge in [0.1, 0.15) is 0 Å². The molecule has 3 N–H and O–H groups in total. The number of nitrogens with zero attached hydrogens (tertiary/aromatic N) is 1. The smallest absolute Gasteiger partial charge is 0.0713 e. The van der Waals surface area contributed by atoms with Crippen molar-refractivity contribution >= 4 is 0 Å². The molecule has 0 aliphatic heterocycles. The molecular formula is C13H23N3. The second-order valence-electron chi connectivity index (χ2n) is 5.88. The number of aromatic amines is 1. The molecule has 3 nitrogen and oxygen atoms in total. The third-order valence-corrected chi connectivity index (χ3v) is 3.50. The number of aromatic nitrogens is 2. The van der Waals surface area contributed by atoms with E-state index in [1.165, 1.54) is 29.8 Å². The van der Waals surface area contributed by atoms with Gasteiger partial charge in [0, 0.05) is 11.1 Å². The summed E-state index contributed by atoms with van der Waals surface area (Å²) in [5, 5.41) is 7.77. The zero-order chi connectivity index (χ0) is 11.8. The fraction of sp³-hybridized carbons (Fsp3) is 0.769. The number of nitrogens with two attached hydrogens (primary N) is 1. The highest BCUT2D eigenvalue weighted by atomic mass is 15.1. The number of hydrogen-bond donors (Lipinski definition) is 2. The molecule has 1 atom stereocenters. The molecule has 0 radical (unpaired) electrons. The molecule has 0 spiro atoms. The summed E-state index contributed by atoms with van der Waals surface area (Å²) in [7, 11) is 0. The predicted molar refractivity (Wildman–Crippen MR) is 66.6 cm³/mol. The zero-order valence-corrected chi connectivity index (χ0v) is 10.6. The maximum atomic E-state index is 5.71. The Kier molecular flexibility index (Phi) is 3.06. The Hall–Kier alpha value is -0.830. The molecule has 1 aromatic heterocycles. The lowest BCUT2D eigenvalue weighted by molar-refractivity contribution is 0.498. The normalized spacial score (nSPS) is 20.9. The van der Waals surface area contributed by atoms with Gasteiger partial charge in [0.25, 0.3) is 0 Å². The van der Waals surface area contributed by atoms with Crippen LogP contribution in [0.15, 0.2) is 0 Å². The van der Waals surface area contributed by atoms with Crippen molar-refractivity contribution in [3.05, 3.63) is 17.0 Å². The number of H-pyrrole nitrogens is 1. The van der Waals surface area contributed by atoms with E-state index < -0.39 is 0 Å². The van der Waals surface area contributed by atoms with Gasteiger partial charge in [0.05, 0.1) is 5.69 Å². The molecule has 0 fully saturated rings. The monoisotopic (exact) mass is 221 g/mol. The van der Waals surface area contributed by atoms with Crippen molar-refractivity contribution < 1.29 is 0 Å². The van der Waals surface area contributed by atoms with Gasteiger partial charge < -0.3 is 5.73 Å². The lowest BCUT2D eigenvalue weighted by Crippen LogP contribution is -2.20. The average molecular weight is 221 g/mol. The minimum absolute atomic E-state index is 0.133. The van der Waals surface area contributed by atoms with E-state index in [1.54, 1.807) is 0 Å². The molecular weight excluding hydrogens is 198 g/mol. The zero-order valence-electron chi connectivity index (χ0n) is 10.6. The van der Waals surface area contributed by atoms with E-state index in [1.807, 2.05) is 0 Å². The van der Waals surface area contributed by atoms with Gasteiger partial charge in [-0.2, -0.15) is 5.10 Å². The highest BCUT2D eigenvalue weighted by Gasteiger charge is 2.30. The molecule has 90 valence electrons. The highest BCUT2D eigenvalue weighted by molar-refractivity contribution is 5.35. The fourth-order valence-corrected chi connectivity index (χ4v) is 2.75. The third kappa shape index (κ3) is 2.01. The second kappa shape index (κ2) is 4.21. The first-order valence-corrected chi connectivity index (χ1v) is 6.31. The van der Waals surface area contributed by atoms with Crippen LogP contribution in [0, 0.1) is 0 Å². The Labute approximate surface area is 97.8 Å². The van der Waals surface area contributed by atoms with Gasteiger partial charge in [-0.1, -0.05) is 20.8 Å². The molecule has 1 aliphatic carbocycles. The van der Waals surface area contributed by atoms with Gasteiger partial charge in [-0.05, 0) is 43.7 Å². The minimum Gasteiger partial charge on any atom is -0.330 e. The Morgan fingerprint density at radius 3 is 2.81 bits per heavy atom. The molecule has 0 saturated carbocycles. The molecule has 2 rings (SSSR count). The molecule has 1 heterocycles. The van der Waals surface area contributed by atoms with Gasteiger partial charge in [-0.15, -0.1) is 0 Å². The molecule has 1 unspecified atom stereocenters. The van der Waals surface area contributed by atoms with Crippen LogP contribution in [0.2, 0.25) is 0 Å². The largest absolute Gasteiger partial charge is 0.330 e. The van der Waals surface area contributed by atoms with Crippen molar-refractivity contribution in [2.75, 3.05) is 6.54 Å². The number of aryl methyl sites for hydroxylation is 1. The van der Waals surface area contributed by atoms with Gasteiger partial charge in [0.2, 0.25) is 0 Å². The van der Waals surface area contributed by atoms with Crippen LogP contribution in [-0.2, 0) is 11.8 Å². The van der Waals surface area contributed by atoms with Gasteiger partial charge in [0.15, 0.2) is 0 Å². The van der Waals surface area contributed by atoms with E-state index in [4.69, 9.17) is 5.73 Å². The fourth-order valence-electron chi connectivity index (χ4n) is 2.75. The van der Waals surface area contributed by atoms with Crippen molar-refractivity contribution in [3.63, 3.8) is 0 Å². The number of rotatable bonds is 2. The van der Waals surface area contributed by atoms with Crippen LogP contribution in [0.3, 0.4) is 0 Å². The summed E-state index contributed by atoms with van der Waals surface area (Å²) in [6.07, 6.45) is 4.78. The standard InChI is InChI=1S/C13H23N3/c1-13(2,3)12-11-9(7-8-14)5-4-6-10(11)15-16-12/h9H,4-8,14H2,1-3H3,(H,15,16). The second-order valence-corrected chi connectivity index (χ2v) is 5.88. The van der Waals surface area contributed by atoms with E-state index in [2.05, 4.69) is 31.0 Å². The molecule has 3 heteroatoms. The van der Waals surface area contributed by atoms with Gasteiger partial charge in [-0.3, -0.25) is 5.10 Å². The Morgan fingerprint density at radius 2 is 2.19 bits per heavy atom. The summed E-state index contributed by atoms with van der Waals surface area (Å²) >= 11 is 0. The summed E-state index contributed by atoms with van der Waals surface area (Å²) < 4.78 is 0. The lowest BCUT2D eigenvalue weighted by Gasteiger charge is -2.26. The summed E-state index contributed by atoms with van der Waals surface area (Å²) in [4.78, 5) is 0. The van der Waals surface area contributed by atoms with Crippen LogP contribution in [0.1, 0.15) is 62.9 Å².